The highest BCUT2D eigenvalue weighted by molar-refractivity contribution is 7.80. The molecule has 0 aromatic heterocycles. The van der Waals surface area contributed by atoms with Crippen LogP contribution in [0.25, 0.3) is 0 Å². The van der Waals surface area contributed by atoms with Crippen molar-refractivity contribution in [3.8, 4) is 0 Å². The first kappa shape index (κ1) is 9.99. The van der Waals surface area contributed by atoms with Gasteiger partial charge in [-0.25, -0.2) is 0 Å². The van der Waals surface area contributed by atoms with Crippen LogP contribution in [0.3, 0.4) is 0 Å². The zero-order valence-corrected chi connectivity index (χ0v) is 8.26. The number of benzene rings is 1. The summed E-state index contributed by atoms with van der Waals surface area (Å²) in [5.74, 6) is 0.909. The molecule has 2 rings (SSSR count). The highest BCUT2D eigenvalue weighted by atomic mass is 32.1. The second kappa shape index (κ2) is 4.82. The largest absolute Gasteiger partial charge is 0.377 e. The summed E-state index contributed by atoms with van der Waals surface area (Å²) in [6.07, 6.45) is 2.81. The van der Waals surface area contributed by atoms with Gasteiger partial charge in [-0.3, -0.25) is 0 Å². The maximum atomic E-state index is 4.62. The van der Waals surface area contributed by atoms with E-state index in [-0.39, 0.29) is 5.11 Å². The fourth-order valence-electron chi connectivity index (χ4n) is 1.14. The number of nitrogens with two attached hydrogens (primary N) is 2. The lowest BCUT2D eigenvalue weighted by atomic mass is 10.1. The van der Waals surface area contributed by atoms with E-state index in [1.54, 1.807) is 0 Å². The average molecular weight is 194 g/mol. The lowest BCUT2D eigenvalue weighted by Crippen LogP contribution is -2.18. The van der Waals surface area contributed by atoms with Crippen molar-refractivity contribution in [3.05, 3.63) is 35.9 Å². The first-order chi connectivity index (χ1) is 6.20. The Morgan fingerprint density at radius 2 is 1.62 bits per heavy atom. The van der Waals surface area contributed by atoms with E-state index in [2.05, 4.69) is 54.0 Å². The van der Waals surface area contributed by atoms with Gasteiger partial charge in [0.1, 0.15) is 0 Å². The zero-order chi connectivity index (χ0) is 9.68. The fourth-order valence-corrected chi connectivity index (χ4v) is 1.14. The molecule has 1 saturated carbocycles. The van der Waals surface area contributed by atoms with E-state index < -0.39 is 0 Å². The molecule has 0 unspecified atom stereocenters. The van der Waals surface area contributed by atoms with Crippen molar-refractivity contribution in [2.24, 2.45) is 11.5 Å². The third-order valence-corrected chi connectivity index (χ3v) is 1.85. The summed E-state index contributed by atoms with van der Waals surface area (Å²) >= 11 is 4.09. The molecule has 13 heavy (non-hydrogen) atoms. The molecule has 1 aromatic carbocycles. The number of hydrogen-bond donors (Lipinski definition) is 2. The smallest absolute Gasteiger partial charge is 0.160 e. The number of rotatable bonds is 1. The van der Waals surface area contributed by atoms with Crippen LogP contribution >= 0.6 is 12.2 Å². The second-order valence-corrected chi connectivity index (χ2v) is 3.56. The lowest BCUT2D eigenvalue weighted by molar-refractivity contribution is 1.13. The van der Waals surface area contributed by atoms with E-state index in [9.17, 15) is 0 Å². The third-order valence-electron chi connectivity index (χ3n) is 1.85. The molecule has 1 fully saturated rings. The van der Waals surface area contributed by atoms with Gasteiger partial charge in [0.25, 0.3) is 0 Å². The van der Waals surface area contributed by atoms with E-state index >= 15 is 0 Å². The maximum Gasteiger partial charge on any atom is 0.160 e. The molecule has 1 aliphatic carbocycles. The molecule has 0 bridgehead atoms. The molecule has 0 atom stereocenters. The van der Waals surface area contributed by atoms with Gasteiger partial charge >= 0.3 is 0 Å². The van der Waals surface area contributed by atoms with E-state index in [1.165, 1.54) is 18.4 Å². The molecule has 0 heterocycles. The summed E-state index contributed by atoms with van der Waals surface area (Å²) in [7, 11) is 0. The van der Waals surface area contributed by atoms with Crippen LogP contribution in [0, 0.1) is 0 Å². The molecule has 0 saturated heterocycles. The Balaban J connectivity index is 0.000000184. The van der Waals surface area contributed by atoms with Crippen molar-refractivity contribution in [3.63, 3.8) is 0 Å². The molecular formula is C10H14N2S. The monoisotopic (exact) mass is 194 g/mol. The van der Waals surface area contributed by atoms with Crippen LogP contribution in [0.1, 0.15) is 24.3 Å². The summed E-state index contributed by atoms with van der Waals surface area (Å²) in [6, 6.07) is 10.8. The summed E-state index contributed by atoms with van der Waals surface area (Å²) in [5.41, 5.74) is 10.8. The average Bonchev–Trinajstić information content (AvgIpc) is 2.87. The molecule has 0 spiro atoms. The first-order valence-corrected chi connectivity index (χ1v) is 4.71. The van der Waals surface area contributed by atoms with Gasteiger partial charge in [-0.05, 0) is 36.5 Å². The molecule has 2 nitrogen and oxygen atoms in total. The van der Waals surface area contributed by atoms with Crippen molar-refractivity contribution in [2.45, 2.75) is 18.8 Å². The summed E-state index contributed by atoms with van der Waals surface area (Å²) < 4.78 is 0. The Kier molecular flexibility index (Phi) is 3.71. The Morgan fingerprint density at radius 3 is 2.00 bits per heavy atom. The molecular weight excluding hydrogens is 180 g/mol. The lowest BCUT2D eigenvalue weighted by Gasteiger charge is -1.92. The normalized spacial score (nSPS) is 14.2. The number of thiocarbonyl (C=S) groups is 1. The van der Waals surface area contributed by atoms with Gasteiger partial charge in [0, 0.05) is 0 Å². The van der Waals surface area contributed by atoms with Gasteiger partial charge in [0.05, 0.1) is 0 Å². The van der Waals surface area contributed by atoms with Gasteiger partial charge in [-0.1, -0.05) is 30.3 Å². The van der Waals surface area contributed by atoms with E-state index in [4.69, 9.17) is 0 Å². The van der Waals surface area contributed by atoms with Crippen LogP contribution in [0.4, 0.5) is 0 Å². The molecule has 4 N–H and O–H groups in total. The molecule has 70 valence electrons. The minimum atomic E-state index is 0.000000000000000222. The molecule has 1 aliphatic rings. The van der Waals surface area contributed by atoms with Crippen LogP contribution in [0.2, 0.25) is 0 Å². The fraction of sp³-hybridized carbons (Fsp3) is 0.300. The van der Waals surface area contributed by atoms with Crippen molar-refractivity contribution < 1.29 is 0 Å². The van der Waals surface area contributed by atoms with Gasteiger partial charge in [0.2, 0.25) is 0 Å². The Labute approximate surface area is 83.9 Å². The molecule has 0 amide bonds. The predicted octanol–water partition coefficient (Wildman–Crippen LogP) is 1.75. The van der Waals surface area contributed by atoms with Gasteiger partial charge < -0.3 is 11.5 Å². The van der Waals surface area contributed by atoms with Crippen LogP contribution < -0.4 is 11.5 Å². The minimum absolute atomic E-state index is 0.000000000000000222. The van der Waals surface area contributed by atoms with Gasteiger partial charge in [0.15, 0.2) is 5.11 Å². The van der Waals surface area contributed by atoms with E-state index in [0.29, 0.717) is 0 Å². The van der Waals surface area contributed by atoms with Crippen molar-refractivity contribution in [2.75, 3.05) is 0 Å². The number of hydrogen-bond acceptors (Lipinski definition) is 1. The van der Waals surface area contributed by atoms with Crippen LogP contribution in [0.5, 0.6) is 0 Å². The van der Waals surface area contributed by atoms with Gasteiger partial charge in [-0.15, -0.1) is 0 Å². The van der Waals surface area contributed by atoms with Crippen LogP contribution in [-0.2, 0) is 0 Å². The van der Waals surface area contributed by atoms with Crippen LogP contribution in [0.15, 0.2) is 30.3 Å². The predicted molar refractivity (Wildman–Crippen MR) is 59.4 cm³/mol. The standard InChI is InChI=1S/C9H10.CH4N2S/c1-2-4-8(5-3-1)9-6-7-9;2-1(3)4/h1-5,9H,6-7H2;(H4,2,3,4). The van der Waals surface area contributed by atoms with E-state index in [1.807, 2.05) is 0 Å². The zero-order valence-electron chi connectivity index (χ0n) is 7.44. The van der Waals surface area contributed by atoms with Crippen molar-refractivity contribution in [1.82, 2.24) is 0 Å². The summed E-state index contributed by atoms with van der Waals surface area (Å²) in [4.78, 5) is 0. The minimum Gasteiger partial charge on any atom is -0.377 e. The van der Waals surface area contributed by atoms with Crippen molar-refractivity contribution >= 4 is 17.3 Å². The SMILES string of the molecule is NC(N)=S.c1ccc(C2CC2)cc1. The van der Waals surface area contributed by atoms with Crippen LogP contribution in [-0.4, -0.2) is 5.11 Å². The maximum absolute atomic E-state index is 4.62. The molecule has 1 aromatic rings. The highest BCUT2D eigenvalue weighted by Crippen LogP contribution is 2.39. The van der Waals surface area contributed by atoms with E-state index in [0.717, 1.165) is 5.92 Å². The first-order valence-electron chi connectivity index (χ1n) is 4.30. The molecule has 0 radical (unpaired) electrons. The Morgan fingerprint density at radius 1 is 1.15 bits per heavy atom. The summed E-state index contributed by atoms with van der Waals surface area (Å²) in [5, 5.41) is 0.000000000000000222. The molecule has 3 heteroatoms. The van der Waals surface area contributed by atoms with Gasteiger partial charge in [-0.2, -0.15) is 0 Å². The quantitative estimate of drug-likeness (QED) is 0.670. The highest BCUT2D eigenvalue weighted by Gasteiger charge is 2.22. The molecule has 0 aliphatic heterocycles. The topological polar surface area (TPSA) is 52.0 Å². The third kappa shape index (κ3) is 4.48. The second-order valence-electron chi connectivity index (χ2n) is 3.09. The van der Waals surface area contributed by atoms with Crippen molar-refractivity contribution in [1.29, 1.82) is 0 Å². The Hall–Kier alpha value is -1.09. The Bertz CT molecular complexity index is 264. The summed E-state index contributed by atoms with van der Waals surface area (Å²) in [6.45, 7) is 0.